The Kier molecular flexibility index (Phi) is 4.39. The van der Waals surface area contributed by atoms with E-state index in [1.165, 1.54) is 0 Å². The van der Waals surface area contributed by atoms with E-state index in [2.05, 4.69) is 15.6 Å². The third-order valence-electron chi connectivity index (χ3n) is 2.58. The maximum absolute atomic E-state index is 11.6. The fourth-order valence-electron chi connectivity index (χ4n) is 1.62. The second kappa shape index (κ2) is 6.04. The molecule has 2 aromatic rings. The molecule has 0 bridgehead atoms. The first-order chi connectivity index (χ1) is 9.10. The topological polar surface area (TPSA) is 54.0 Å². The summed E-state index contributed by atoms with van der Waals surface area (Å²) in [7, 11) is 1.60. The number of hydrogen-bond acceptors (Lipinski definition) is 4. The molecule has 6 heteroatoms. The largest absolute Gasteiger partial charge is 0.379 e. The maximum atomic E-state index is 11.6. The number of hydrogen-bond donors (Lipinski definition) is 2. The van der Waals surface area contributed by atoms with Crippen LogP contribution >= 0.6 is 22.9 Å². The van der Waals surface area contributed by atoms with Crippen molar-refractivity contribution in [1.29, 1.82) is 0 Å². The van der Waals surface area contributed by atoms with Crippen molar-refractivity contribution in [3.63, 3.8) is 0 Å². The van der Waals surface area contributed by atoms with Crippen molar-refractivity contribution in [1.82, 2.24) is 10.3 Å². The molecule has 0 saturated heterocycles. The van der Waals surface area contributed by atoms with Crippen LogP contribution in [-0.2, 0) is 6.54 Å². The van der Waals surface area contributed by atoms with Crippen LogP contribution in [0.3, 0.4) is 0 Å². The highest BCUT2D eigenvalue weighted by Crippen LogP contribution is 2.24. The maximum Gasteiger partial charge on any atom is 0.251 e. The summed E-state index contributed by atoms with van der Waals surface area (Å²) in [6, 6.07) is 5.16. The average molecular weight is 296 g/mol. The quantitative estimate of drug-likeness (QED) is 0.911. The molecule has 0 radical (unpaired) electrons. The molecule has 100 valence electrons. The van der Waals surface area contributed by atoms with Gasteiger partial charge in [-0.05, 0) is 25.1 Å². The van der Waals surface area contributed by atoms with Gasteiger partial charge in [-0.25, -0.2) is 4.98 Å². The lowest BCUT2D eigenvalue weighted by molar-refractivity contribution is 0.0963. The Labute approximate surface area is 120 Å². The van der Waals surface area contributed by atoms with Crippen LogP contribution in [0.2, 0.25) is 5.02 Å². The van der Waals surface area contributed by atoms with Crippen molar-refractivity contribution in [3.05, 3.63) is 44.9 Å². The smallest absolute Gasteiger partial charge is 0.251 e. The minimum atomic E-state index is -0.131. The predicted molar refractivity (Wildman–Crippen MR) is 79.0 cm³/mol. The fraction of sp³-hybridized carbons (Fsp3) is 0.231. The number of rotatable bonds is 4. The molecule has 0 fully saturated rings. The number of nitrogens with zero attached hydrogens (tertiary/aromatic N) is 1. The van der Waals surface area contributed by atoms with Gasteiger partial charge in [-0.15, -0.1) is 11.3 Å². The SMILES string of the molecule is CNC(=O)c1ccc(Cl)c(NCc2cnc(C)s2)c1. The summed E-state index contributed by atoms with van der Waals surface area (Å²) in [6.07, 6.45) is 1.84. The number of thiazole rings is 1. The van der Waals surface area contributed by atoms with E-state index in [1.807, 2.05) is 13.1 Å². The molecule has 19 heavy (non-hydrogen) atoms. The second-order valence-corrected chi connectivity index (χ2v) is 5.70. The van der Waals surface area contributed by atoms with Crippen molar-refractivity contribution in [2.75, 3.05) is 12.4 Å². The molecule has 1 heterocycles. The summed E-state index contributed by atoms with van der Waals surface area (Å²) < 4.78 is 0. The molecule has 1 aromatic heterocycles. The van der Waals surface area contributed by atoms with E-state index in [4.69, 9.17) is 11.6 Å². The van der Waals surface area contributed by atoms with Gasteiger partial charge in [0.25, 0.3) is 5.91 Å². The lowest BCUT2D eigenvalue weighted by Crippen LogP contribution is -2.17. The van der Waals surface area contributed by atoms with Crippen molar-refractivity contribution in [3.8, 4) is 0 Å². The highest BCUT2D eigenvalue weighted by atomic mass is 35.5. The molecule has 0 spiro atoms. The molecule has 1 aromatic carbocycles. The number of carbonyl (C=O) groups excluding carboxylic acids is 1. The van der Waals surface area contributed by atoms with Crippen LogP contribution in [0, 0.1) is 6.92 Å². The summed E-state index contributed by atoms with van der Waals surface area (Å²) in [4.78, 5) is 16.9. The number of aryl methyl sites for hydroxylation is 1. The van der Waals surface area contributed by atoms with E-state index in [9.17, 15) is 4.79 Å². The third kappa shape index (κ3) is 3.45. The van der Waals surface area contributed by atoms with Gasteiger partial charge in [0.2, 0.25) is 0 Å². The molecule has 0 aliphatic rings. The first-order valence-corrected chi connectivity index (χ1v) is 6.96. The summed E-state index contributed by atoms with van der Waals surface area (Å²) in [5.41, 5.74) is 1.32. The van der Waals surface area contributed by atoms with Crippen LogP contribution in [0.5, 0.6) is 0 Å². The van der Waals surface area contributed by atoms with Crippen LogP contribution in [0.25, 0.3) is 0 Å². The number of amides is 1. The van der Waals surface area contributed by atoms with Crippen molar-refractivity contribution in [2.45, 2.75) is 13.5 Å². The molecule has 4 nitrogen and oxygen atoms in total. The van der Waals surface area contributed by atoms with Gasteiger partial charge in [0.05, 0.1) is 22.3 Å². The van der Waals surface area contributed by atoms with Gasteiger partial charge >= 0.3 is 0 Å². The molecule has 2 N–H and O–H groups in total. The van der Waals surface area contributed by atoms with Gasteiger partial charge in [-0.1, -0.05) is 11.6 Å². The number of aromatic nitrogens is 1. The molecule has 0 unspecified atom stereocenters. The van der Waals surface area contributed by atoms with Crippen LogP contribution in [0.4, 0.5) is 5.69 Å². The zero-order valence-corrected chi connectivity index (χ0v) is 12.2. The standard InChI is InChI=1S/C13H14ClN3OS/c1-8-16-6-10(19-8)7-17-12-5-9(13(18)15-2)3-4-11(12)14/h3-6,17H,7H2,1-2H3,(H,15,18). The van der Waals surface area contributed by atoms with Gasteiger partial charge in [-0.2, -0.15) is 0 Å². The van der Waals surface area contributed by atoms with E-state index in [0.29, 0.717) is 17.1 Å². The van der Waals surface area contributed by atoms with Crippen molar-refractivity contribution < 1.29 is 4.79 Å². The number of anilines is 1. The van der Waals surface area contributed by atoms with E-state index in [-0.39, 0.29) is 5.91 Å². The highest BCUT2D eigenvalue weighted by molar-refractivity contribution is 7.11. The van der Waals surface area contributed by atoms with Gasteiger partial charge < -0.3 is 10.6 Å². The normalized spacial score (nSPS) is 10.3. The molecule has 0 saturated carbocycles. The Hall–Kier alpha value is -1.59. The third-order valence-corrected chi connectivity index (χ3v) is 3.82. The number of benzene rings is 1. The molecular formula is C13H14ClN3OS. The first kappa shape index (κ1) is 13.8. The number of halogens is 1. The molecule has 2 rings (SSSR count). The van der Waals surface area contributed by atoms with Gasteiger partial charge in [0.1, 0.15) is 0 Å². The Morgan fingerprint density at radius 3 is 2.89 bits per heavy atom. The molecular weight excluding hydrogens is 282 g/mol. The second-order valence-electron chi connectivity index (χ2n) is 3.97. The van der Waals surface area contributed by atoms with E-state index in [0.717, 1.165) is 15.6 Å². The Balaban J connectivity index is 2.12. The zero-order valence-electron chi connectivity index (χ0n) is 10.7. The Morgan fingerprint density at radius 2 is 2.26 bits per heavy atom. The summed E-state index contributed by atoms with van der Waals surface area (Å²) in [6.45, 7) is 2.61. The summed E-state index contributed by atoms with van der Waals surface area (Å²) in [5, 5.41) is 7.43. The van der Waals surface area contributed by atoms with Crippen molar-refractivity contribution in [2.24, 2.45) is 0 Å². The Morgan fingerprint density at radius 1 is 1.47 bits per heavy atom. The fourth-order valence-corrected chi connectivity index (χ4v) is 2.53. The predicted octanol–water partition coefficient (Wildman–Crippen LogP) is 3.08. The number of carbonyl (C=O) groups is 1. The molecule has 0 aliphatic carbocycles. The van der Waals surface area contributed by atoms with Crippen LogP contribution in [-0.4, -0.2) is 17.9 Å². The van der Waals surface area contributed by atoms with Gasteiger partial charge in [0, 0.05) is 23.7 Å². The van der Waals surface area contributed by atoms with E-state index < -0.39 is 0 Å². The monoisotopic (exact) mass is 295 g/mol. The van der Waals surface area contributed by atoms with E-state index in [1.54, 1.807) is 36.6 Å². The minimum Gasteiger partial charge on any atom is -0.379 e. The van der Waals surface area contributed by atoms with Crippen LogP contribution in [0.15, 0.2) is 24.4 Å². The van der Waals surface area contributed by atoms with Crippen LogP contribution < -0.4 is 10.6 Å². The lowest BCUT2D eigenvalue weighted by Gasteiger charge is -2.09. The molecule has 0 atom stereocenters. The average Bonchev–Trinajstić information content (AvgIpc) is 2.82. The van der Waals surface area contributed by atoms with E-state index >= 15 is 0 Å². The first-order valence-electron chi connectivity index (χ1n) is 5.77. The minimum absolute atomic E-state index is 0.131. The van der Waals surface area contributed by atoms with Crippen LogP contribution in [0.1, 0.15) is 20.2 Å². The number of nitrogens with one attached hydrogen (secondary N) is 2. The molecule has 1 amide bonds. The zero-order chi connectivity index (χ0) is 13.8. The molecule has 0 aliphatic heterocycles. The summed E-state index contributed by atoms with van der Waals surface area (Å²) in [5.74, 6) is -0.131. The Bertz CT molecular complexity index is 597. The van der Waals surface area contributed by atoms with Gasteiger partial charge in [-0.3, -0.25) is 4.79 Å². The highest BCUT2D eigenvalue weighted by Gasteiger charge is 2.07. The summed E-state index contributed by atoms with van der Waals surface area (Å²) >= 11 is 7.74. The van der Waals surface area contributed by atoms with Gasteiger partial charge in [0.15, 0.2) is 0 Å². The van der Waals surface area contributed by atoms with Crippen molar-refractivity contribution >= 4 is 34.5 Å². The lowest BCUT2D eigenvalue weighted by atomic mass is 10.2.